The molecule has 0 saturated heterocycles. The highest BCUT2D eigenvalue weighted by molar-refractivity contribution is 6.31. The Labute approximate surface area is 126 Å². The minimum Gasteiger partial charge on any atom is -0.311 e. The topological polar surface area (TPSA) is 12.0 Å². The Morgan fingerprint density at radius 2 is 1.95 bits per heavy atom. The molecule has 1 fully saturated rings. The fourth-order valence-electron chi connectivity index (χ4n) is 3.15. The molecule has 1 nitrogen and oxygen atoms in total. The average molecular weight is 298 g/mol. The van der Waals surface area contributed by atoms with Gasteiger partial charge in [-0.05, 0) is 51.7 Å². The molecule has 0 radical (unpaired) electrons. The highest BCUT2D eigenvalue weighted by atomic mass is 35.5. The minimum absolute atomic E-state index is 0.0363. The third-order valence-electron chi connectivity index (χ3n) is 4.19. The van der Waals surface area contributed by atoms with Crippen LogP contribution in [0.1, 0.15) is 57.9 Å². The first-order valence-electron chi connectivity index (χ1n) is 7.57. The largest absolute Gasteiger partial charge is 0.311 e. The van der Waals surface area contributed by atoms with E-state index < -0.39 is 0 Å². The second kappa shape index (κ2) is 6.44. The Morgan fingerprint density at radius 3 is 2.50 bits per heavy atom. The van der Waals surface area contributed by atoms with Crippen LogP contribution in [0.4, 0.5) is 4.39 Å². The second-order valence-electron chi connectivity index (χ2n) is 6.92. The summed E-state index contributed by atoms with van der Waals surface area (Å²) >= 11 is 6.28. The van der Waals surface area contributed by atoms with Crippen molar-refractivity contribution in [2.24, 2.45) is 5.92 Å². The van der Waals surface area contributed by atoms with E-state index in [1.807, 2.05) is 0 Å². The summed E-state index contributed by atoms with van der Waals surface area (Å²) in [7, 11) is 0. The Bertz CT molecular complexity index is 427. The Morgan fingerprint density at radius 1 is 1.30 bits per heavy atom. The van der Waals surface area contributed by atoms with Gasteiger partial charge in [0, 0.05) is 28.6 Å². The van der Waals surface area contributed by atoms with E-state index in [1.54, 1.807) is 12.1 Å². The Hall–Kier alpha value is -0.600. The molecule has 2 rings (SSSR count). The molecule has 0 aromatic heterocycles. The van der Waals surface area contributed by atoms with E-state index in [0.29, 0.717) is 16.5 Å². The molecule has 0 spiro atoms. The zero-order valence-electron chi connectivity index (χ0n) is 12.7. The van der Waals surface area contributed by atoms with Crippen LogP contribution in [-0.4, -0.2) is 12.1 Å². The van der Waals surface area contributed by atoms with Crippen molar-refractivity contribution < 1.29 is 4.39 Å². The van der Waals surface area contributed by atoms with Gasteiger partial charge in [-0.15, -0.1) is 0 Å². The molecule has 1 unspecified atom stereocenters. The van der Waals surface area contributed by atoms with Crippen LogP contribution in [-0.2, 0) is 0 Å². The molecule has 112 valence electrons. The fraction of sp³-hybridized carbons (Fsp3) is 0.647. The van der Waals surface area contributed by atoms with Gasteiger partial charge in [0.05, 0.1) is 0 Å². The lowest BCUT2D eigenvalue weighted by Crippen LogP contribution is -2.40. The van der Waals surface area contributed by atoms with Gasteiger partial charge in [-0.1, -0.05) is 30.5 Å². The molecule has 1 aliphatic carbocycles. The monoisotopic (exact) mass is 297 g/mol. The number of hydrogen-bond acceptors (Lipinski definition) is 1. The molecule has 20 heavy (non-hydrogen) atoms. The third kappa shape index (κ3) is 3.95. The van der Waals surface area contributed by atoms with E-state index in [0.717, 1.165) is 6.54 Å². The number of benzene rings is 1. The van der Waals surface area contributed by atoms with E-state index in [4.69, 9.17) is 11.6 Å². The van der Waals surface area contributed by atoms with Gasteiger partial charge in [0.2, 0.25) is 0 Å². The standard InChI is InChI=1S/C17H25ClFN/c1-17(2,3)20-11-13(12-7-4-5-8-12)16-14(18)9-6-10-15(16)19/h6,9-10,12-13,20H,4-5,7-8,11H2,1-3H3. The van der Waals surface area contributed by atoms with Gasteiger partial charge in [-0.2, -0.15) is 0 Å². The molecule has 0 heterocycles. The van der Waals surface area contributed by atoms with Crippen molar-refractivity contribution >= 4 is 11.6 Å². The fourth-order valence-corrected chi connectivity index (χ4v) is 3.45. The van der Waals surface area contributed by atoms with Crippen LogP contribution < -0.4 is 5.32 Å². The van der Waals surface area contributed by atoms with Crippen molar-refractivity contribution in [1.82, 2.24) is 5.32 Å². The zero-order chi connectivity index (χ0) is 14.8. The Kier molecular flexibility index (Phi) is 5.09. The van der Waals surface area contributed by atoms with Gasteiger partial charge in [-0.3, -0.25) is 0 Å². The number of nitrogens with one attached hydrogen (secondary N) is 1. The molecule has 3 heteroatoms. The van der Waals surface area contributed by atoms with Crippen LogP contribution in [0, 0.1) is 11.7 Å². The number of rotatable bonds is 4. The maximum Gasteiger partial charge on any atom is 0.128 e. The van der Waals surface area contributed by atoms with Gasteiger partial charge in [0.25, 0.3) is 0 Å². The zero-order valence-corrected chi connectivity index (χ0v) is 13.4. The van der Waals surface area contributed by atoms with Crippen LogP contribution in [0.25, 0.3) is 0 Å². The first kappa shape index (κ1) is 15.8. The lowest BCUT2D eigenvalue weighted by atomic mass is 9.84. The molecule has 1 aromatic rings. The first-order valence-corrected chi connectivity index (χ1v) is 7.95. The van der Waals surface area contributed by atoms with Crippen molar-refractivity contribution in [2.75, 3.05) is 6.54 Å². The minimum atomic E-state index is -0.162. The smallest absolute Gasteiger partial charge is 0.128 e. The molecule has 0 bridgehead atoms. The van der Waals surface area contributed by atoms with Gasteiger partial charge in [0.1, 0.15) is 5.82 Å². The van der Waals surface area contributed by atoms with Crippen molar-refractivity contribution in [3.05, 3.63) is 34.6 Å². The second-order valence-corrected chi connectivity index (χ2v) is 7.32. The molecule has 1 atom stereocenters. The van der Waals surface area contributed by atoms with Gasteiger partial charge < -0.3 is 5.32 Å². The molecule has 0 amide bonds. The summed E-state index contributed by atoms with van der Waals surface area (Å²) < 4.78 is 14.3. The quantitative estimate of drug-likeness (QED) is 0.811. The van der Waals surface area contributed by atoms with Gasteiger partial charge >= 0.3 is 0 Å². The molecule has 1 aromatic carbocycles. The highest BCUT2D eigenvalue weighted by Gasteiger charge is 2.30. The highest BCUT2D eigenvalue weighted by Crippen LogP contribution is 2.40. The molecular formula is C17H25ClFN. The van der Waals surface area contributed by atoms with Crippen LogP contribution in [0.15, 0.2) is 18.2 Å². The van der Waals surface area contributed by atoms with Crippen LogP contribution in [0.2, 0.25) is 5.02 Å². The lowest BCUT2D eigenvalue weighted by Gasteiger charge is -2.30. The van der Waals surface area contributed by atoms with Crippen LogP contribution in [0.3, 0.4) is 0 Å². The SMILES string of the molecule is CC(C)(C)NCC(c1c(F)cccc1Cl)C1CCCC1. The summed E-state index contributed by atoms with van der Waals surface area (Å²) in [6, 6.07) is 5.02. The van der Waals surface area contributed by atoms with Crippen molar-refractivity contribution in [3.63, 3.8) is 0 Å². The molecule has 1 aliphatic rings. The van der Waals surface area contributed by atoms with Crippen LogP contribution in [0.5, 0.6) is 0 Å². The van der Waals surface area contributed by atoms with E-state index in [2.05, 4.69) is 26.1 Å². The summed E-state index contributed by atoms with van der Waals surface area (Å²) in [4.78, 5) is 0. The lowest BCUT2D eigenvalue weighted by molar-refractivity contribution is 0.345. The van der Waals surface area contributed by atoms with E-state index in [1.165, 1.54) is 31.7 Å². The van der Waals surface area contributed by atoms with Gasteiger partial charge in [-0.25, -0.2) is 4.39 Å². The van der Waals surface area contributed by atoms with E-state index >= 15 is 0 Å². The summed E-state index contributed by atoms with van der Waals surface area (Å²) in [5.41, 5.74) is 0.743. The first-order chi connectivity index (χ1) is 9.38. The molecule has 1 N–H and O–H groups in total. The number of hydrogen-bond donors (Lipinski definition) is 1. The number of halogens is 2. The van der Waals surface area contributed by atoms with Crippen LogP contribution >= 0.6 is 11.6 Å². The van der Waals surface area contributed by atoms with Gasteiger partial charge in [0.15, 0.2) is 0 Å². The normalized spacial score (nSPS) is 18.4. The predicted molar refractivity (Wildman–Crippen MR) is 83.9 cm³/mol. The van der Waals surface area contributed by atoms with Crippen molar-refractivity contribution in [3.8, 4) is 0 Å². The summed E-state index contributed by atoms with van der Waals surface area (Å²) in [5, 5.41) is 4.09. The van der Waals surface area contributed by atoms with E-state index in [9.17, 15) is 4.39 Å². The van der Waals surface area contributed by atoms with E-state index in [-0.39, 0.29) is 17.3 Å². The van der Waals surface area contributed by atoms with Crippen molar-refractivity contribution in [1.29, 1.82) is 0 Å². The summed E-state index contributed by atoms with van der Waals surface area (Å²) in [5.74, 6) is 0.551. The third-order valence-corrected chi connectivity index (χ3v) is 4.52. The molecular weight excluding hydrogens is 273 g/mol. The molecule has 1 saturated carbocycles. The predicted octanol–water partition coefficient (Wildman–Crippen LogP) is 5.14. The maximum absolute atomic E-state index is 14.3. The molecule has 0 aliphatic heterocycles. The van der Waals surface area contributed by atoms with Crippen molar-refractivity contribution in [2.45, 2.75) is 57.9 Å². The average Bonchev–Trinajstić information content (AvgIpc) is 2.85. The summed E-state index contributed by atoms with van der Waals surface area (Å²) in [6.07, 6.45) is 4.87. The Balaban J connectivity index is 2.25. The maximum atomic E-state index is 14.3. The summed E-state index contributed by atoms with van der Waals surface area (Å²) in [6.45, 7) is 7.21.